The summed E-state index contributed by atoms with van der Waals surface area (Å²) in [4.78, 5) is 26.3. The molecule has 1 amide bonds. The number of nitrogens with one attached hydrogen (secondary N) is 1. The van der Waals surface area contributed by atoms with Gasteiger partial charge in [0.05, 0.1) is 24.5 Å². The highest BCUT2D eigenvalue weighted by Crippen LogP contribution is 2.23. The molecule has 0 aliphatic heterocycles. The van der Waals surface area contributed by atoms with Crippen LogP contribution in [0.5, 0.6) is 0 Å². The Morgan fingerprint density at radius 3 is 1.82 bits per heavy atom. The van der Waals surface area contributed by atoms with Gasteiger partial charge in [-0.3, -0.25) is 9.78 Å². The summed E-state index contributed by atoms with van der Waals surface area (Å²) in [5.41, 5.74) is 5.90. The zero-order chi connectivity index (χ0) is 31.4. The number of carboxylic acid groups (broad SMARTS) is 1. The lowest BCUT2D eigenvalue weighted by Gasteiger charge is -1.94. The molecule has 45 heavy (non-hydrogen) atoms. The maximum absolute atomic E-state index is 11.8. The number of nitrogen functional groups attached to an aromatic ring is 1. The van der Waals surface area contributed by atoms with Gasteiger partial charge in [-0.15, -0.1) is 0 Å². The molecule has 0 saturated heterocycles. The lowest BCUT2D eigenvalue weighted by molar-refractivity contribution is -0.111. The Hall–Kier alpha value is -6.90. The first-order valence-electron chi connectivity index (χ1n) is 12.9. The molecule has 7 aromatic rings. The summed E-state index contributed by atoms with van der Waals surface area (Å²) in [5.74, 6) is 2.18. The fourth-order valence-corrected chi connectivity index (χ4v) is 3.41. The zero-order valence-corrected chi connectivity index (χ0v) is 23.0. The van der Waals surface area contributed by atoms with E-state index in [-0.39, 0.29) is 11.6 Å². The third-order valence-electron chi connectivity index (χ3n) is 5.40. The maximum Gasteiger partial charge on any atom is 0.358 e. The molecular formula is C30H22N6O9. The second-order valence-corrected chi connectivity index (χ2v) is 8.58. The lowest BCUT2D eigenvalue weighted by atomic mass is 10.3. The molecule has 4 N–H and O–H groups in total. The molecule has 0 aliphatic rings. The van der Waals surface area contributed by atoms with Crippen molar-refractivity contribution in [2.24, 2.45) is 0 Å². The van der Waals surface area contributed by atoms with E-state index in [4.69, 9.17) is 37.7 Å². The van der Waals surface area contributed by atoms with Gasteiger partial charge < -0.3 is 43.0 Å². The summed E-state index contributed by atoms with van der Waals surface area (Å²) in [6, 6.07) is 20.3. The van der Waals surface area contributed by atoms with Crippen molar-refractivity contribution in [3.63, 3.8) is 0 Å². The fraction of sp³-hybridized carbons (Fsp3) is 0. The minimum atomic E-state index is -1.12. The number of pyridine rings is 1. The first-order chi connectivity index (χ1) is 21.9. The summed E-state index contributed by atoms with van der Waals surface area (Å²) in [5, 5.41) is 21.7. The van der Waals surface area contributed by atoms with Gasteiger partial charge in [-0.05, 0) is 54.6 Å². The first kappa shape index (κ1) is 29.6. The Morgan fingerprint density at radius 2 is 1.31 bits per heavy atom. The van der Waals surface area contributed by atoms with Crippen LogP contribution in [0, 0.1) is 0 Å². The van der Waals surface area contributed by atoms with E-state index in [0.29, 0.717) is 51.9 Å². The van der Waals surface area contributed by atoms with Crippen molar-refractivity contribution < 1.29 is 41.5 Å². The van der Waals surface area contributed by atoms with Crippen molar-refractivity contribution in [1.29, 1.82) is 0 Å². The second-order valence-electron chi connectivity index (χ2n) is 8.58. The summed E-state index contributed by atoms with van der Waals surface area (Å²) in [6.07, 6.45) is 9.22. The maximum atomic E-state index is 11.8. The highest BCUT2D eigenvalue weighted by atomic mass is 16.5. The lowest BCUT2D eigenvalue weighted by Crippen LogP contribution is -2.07. The fourth-order valence-electron chi connectivity index (χ4n) is 3.41. The molecule has 0 fully saturated rings. The molecule has 0 saturated carbocycles. The summed E-state index contributed by atoms with van der Waals surface area (Å²) in [6.45, 7) is 0. The van der Waals surface area contributed by atoms with Crippen molar-refractivity contribution in [2.45, 2.75) is 0 Å². The van der Waals surface area contributed by atoms with Gasteiger partial charge in [0.1, 0.15) is 0 Å². The molecule has 15 heteroatoms. The number of anilines is 2. The van der Waals surface area contributed by atoms with Crippen molar-refractivity contribution in [2.75, 3.05) is 11.1 Å². The number of carboxylic acids is 1. The number of rotatable bonds is 7. The van der Waals surface area contributed by atoms with Gasteiger partial charge in [-0.2, -0.15) is 0 Å². The van der Waals surface area contributed by atoms with Crippen LogP contribution in [-0.4, -0.2) is 37.4 Å². The van der Waals surface area contributed by atoms with Gasteiger partial charge in [0.2, 0.25) is 23.2 Å². The van der Waals surface area contributed by atoms with E-state index in [2.05, 4.69) is 25.8 Å². The molecule has 0 aromatic carbocycles. The molecule has 7 heterocycles. The van der Waals surface area contributed by atoms with Gasteiger partial charge in [-0.25, -0.2) is 4.79 Å². The van der Waals surface area contributed by atoms with E-state index in [1.165, 1.54) is 24.7 Å². The summed E-state index contributed by atoms with van der Waals surface area (Å²) in [7, 11) is 0. The number of aromatic carboxylic acids is 1. The van der Waals surface area contributed by atoms with Crippen LogP contribution in [0.25, 0.3) is 40.6 Å². The van der Waals surface area contributed by atoms with Crippen LogP contribution in [0.1, 0.15) is 16.2 Å². The summed E-state index contributed by atoms with van der Waals surface area (Å²) >= 11 is 0. The van der Waals surface area contributed by atoms with Gasteiger partial charge in [0.25, 0.3) is 0 Å². The summed E-state index contributed by atoms with van der Waals surface area (Å²) < 4.78 is 29.9. The van der Waals surface area contributed by atoms with Crippen LogP contribution in [-0.2, 0) is 4.79 Å². The largest absolute Gasteiger partial charge is 0.476 e. The van der Waals surface area contributed by atoms with Gasteiger partial charge >= 0.3 is 5.97 Å². The van der Waals surface area contributed by atoms with E-state index < -0.39 is 5.97 Å². The minimum Gasteiger partial charge on any atom is -0.476 e. The molecule has 0 aliphatic carbocycles. The molecule has 0 radical (unpaired) electrons. The van der Waals surface area contributed by atoms with Gasteiger partial charge in [-0.1, -0.05) is 21.5 Å². The predicted octanol–water partition coefficient (Wildman–Crippen LogP) is 6.13. The molecule has 0 bridgehead atoms. The van der Waals surface area contributed by atoms with E-state index >= 15 is 0 Å². The molecule has 0 spiro atoms. The Balaban J connectivity index is 0.000000143. The number of carbonyl (C=O) groups excluding carboxylic acids is 1. The molecule has 0 unspecified atom stereocenters. The van der Waals surface area contributed by atoms with Gasteiger partial charge in [0.15, 0.2) is 34.6 Å². The number of aromatic nitrogens is 4. The average molecular weight is 611 g/mol. The monoisotopic (exact) mass is 610 g/mol. The normalized spacial score (nSPS) is 10.5. The SMILES string of the molecule is Nc1cc(-c2ccco2)on1.O=C(/C=C/c1ccccn1)Nc1cc(-c2ccco2)on1.O=C(O)c1cc(-c2ccco2)on1. The highest BCUT2D eigenvalue weighted by molar-refractivity contribution is 6.01. The quantitative estimate of drug-likeness (QED) is 0.173. The topological polar surface area (TPSA) is 223 Å². The smallest absolute Gasteiger partial charge is 0.358 e. The first-order valence-corrected chi connectivity index (χ1v) is 12.9. The van der Waals surface area contributed by atoms with Crippen LogP contribution >= 0.6 is 0 Å². The predicted molar refractivity (Wildman–Crippen MR) is 156 cm³/mol. The Morgan fingerprint density at radius 1 is 0.711 bits per heavy atom. The van der Waals surface area contributed by atoms with E-state index in [1.807, 2.05) is 12.1 Å². The molecular weight excluding hydrogens is 588 g/mol. The molecule has 7 aromatic heterocycles. The number of carbonyl (C=O) groups is 2. The molecule has 15 nitrogen and oxygen atoms in total. The Bertz CT molecular complexity index is 1940. The molecule has 226 valence electrons. The van der Waals surface area contributed by atoms with Crippen molar-refractivity contribution in [1.82, 2.24) is 20.5 Å². The van der Waals surface area contributed by atoms with E-state index in [0.717, 1.165) is 0 Å². The molecule has 7 rings (SSSR count). The Labute approximate surface area is 252 Å². The standard InChI is InChI=1S/C15H11N3O3.C8H5NO4.C7H6N2O2/c19-15(7-6-11-4-1-2-8-16-11)17-14-10-13(21-18-14)12-5-3-9-20-12;10-8(11)5-4-7(13-9-5)6-2-1-3-12-6;8-7-4-6(11-9-7)5-2-1-3-10-5/h1-10H,(H,17,18,19);1-4H,(H,10,11);1-4H,(H2,8,9)/b7-6+;;. The van der Waals surface area contributed by atoms with Crippen LogP contribution in [0.15, 0.2) is 131 Å². The second kappa shape index (κ2) is 14.3. The van der Waals surface area contributed by atoms with Gasteiger partial charge in [0, 0.05) is 30.5 Å². The van der Waals surface area contributed by atoms with E-state index in [1.54, 1.807) is 73.1 Å². The van der Waals surface area contributed by atoms with Crippen molar-refractivity contribution >= 4 is 29.6 Å². The number of hydrogen-bond donors (Lipinski definition) is 3. The number of nitrogens with zero attached hydrogens (tertiary/aromatic N) is 4. The number of nitrogens with two attached hydrogens (primary N) is 1. The van der Waals surface area contributed by atoms with Crippen molar-refractivity contribution in [3.8, 4) is 34.6 Å². The van der Waals surface area contributed by atoms with Crippen LogP contribution in [0.4, 0.5) is 11.6 Å². The minimum absolute atomic E-state index is 0.133. The number of furan rings is 3. The average Bonchev–Trinajstić information content (AvgIpc) is 3.89. The van der Waals surface area contributed by atoms with Crippen LogP contribution in [0.2, 0.25) is 0 Å². The third kappa shape index (κ3) is 8.32. The number of hydrogen-bond acceptors (Lipinski definition) is 13. The van der Waals surface area contributed by atoms with Crippen molar-refractivity contribution in [3.05, 3.63) is 115 Å². The van der Waals surface area contributed by atoms with Crippen LogP contribution in [0.3, 0.4) is 0 Å². The Kier molecular flexibility index (Phi) is 9.42. The van der Waals surface area contributed by atoms with E-state index in [9.17, 15) is 9.59 Å². The van der Waals surface area contributed by atoms with Crippen LogP contribution < -0.4 is 11.1 Å². The molecule has 0 atom stereocenters. The number of amides is 1. The zero-order valence-electron chi connectivity index (χ0n) is 23.0. The highest BCUT2D eigenvalue weighted by Gasteiger charge is 2.13. The third-order valence-corrected chi connectivity index (χ3v) is 5.40.